The van der Waals surface area contributed by atoms with E-state index in [1.165, 1.54) is 0 Å². The molecule has 1 atom stereocenters. The normalized spacial score (nSPS) is 17.3. The molecule has 6 heteroatoms. The van der Waals surface area contributed by atoms with Crippen molar-refractivity contribution in [2.24, 2.45) is 5.73 Å². The van der Waals surface area contributed by atoms with Crippen molar-refractivity contribution in [3.05, 3.63) is 35.9 Å². The Hall–Kier alpha value is -1.92. The van der Waals surface area contributed by atoms with Crippen LogP contribution in [0.25, 0.3) is 0 Å². The van der Waals surface area contributed by atoms with E-state index in [1.807, 2.05) is 35.2 Å². The summed E-state index contributed by atoms with van der Waals surface area (Å²) >= 11 is 0. The molecule has 21 heavy (non-hydrogen) atoms. The average molecular weight is 290 g/mol. The van der Waals surface area contributed by atoms with E-state index in [-0.39, 0.29) is 11.8 Å². The van der Waals surface area contributed by atoms with Crippen LogP contribution in [0.2, 0.25) is 0 Å². The van der Waals surface area contributed by atoms with Crippen molar-refractivity contribution in [2.75, 3.05) is 39.8 Å². The molecule has 0 saturated carbocycles. The minimum Gasteiger partial charge on any atom is -0.358 e. The highest BCUT2D eigenvalue weighted by Gasteiger charge is 2.26. The van der Waals surface area contributed by atoms with E-state index in [0.717, 1.165) is 5.56 Å². The maximum atomic E-state index is 12.4. The number of rotatable bonds is 4. The minimum atomic E-state index is -0.614. The maximum Gasteiger partial charge on any atom is 0.244 e. The summed E-state index contributed by atoms with van der Waals surface area (Å²) in [6.07, 6.45) is 0. The molecule has 1 saturated heterocycles. The van der Waals surface area contributed by atoms with Crippen molar-refractivity contribution in [1.29, 1.82) is 0 Å². The summed E-state index contributed by atoms with van der Waals surface area (Å²) in [5, 5.41) is 2.60. The molecular weight excluding hydrogens is 268 g/mol. The molecule has 1 heterocycles. The van der Waals surface area contributed by atoms with Gasteiger partial charge in [0, 0.05) is 33.2 Å². The van der Waals surface area contributed by atoms with Crippen LogP contribution in [0.5, 0.6) is 0 Å². The van der Waals surface area contributed by atoms with Gasteiger partial charge in [-0.3, -0.25) is 14.5 Å². The fourth-order valence-electron chi connectivity index (χ4n) is 2.41. The first-order valence-corrected chi connectivity index (χ1v) is 7.14. The van der Waals surface area contributed by atoms with Crippen molar-refractivity contribution >= 4 is 11.8 Å². The fourth-order valence-corrected chi connectivity index (χ4v) is 2.41. The Balaban J connectivity index is 1.87. The summed E-state index contributed by atoms with van der Waals surface area (Å²) in [4.78, 5) is 27.5. The lowest BCUT2D eigenvalue weighted by atomic mass is 10.1. The smallest absolute Gasteiger partial charge is 0.244 e. The van der Waals surface area contributed by atoms with E-state index in [2.05, 4.69) is 5.32 Å². The van der Waals surface area contributed by atoms with E-state index in [4.69, 9.17) is 5.73 Å². The van der Waals surface area contributed by atoms with Crippen LogP contribution in [0.3, 0.4) is 0 Å². The molecule has 0 unspecified atom stereocenters. The molecule has 1 aromatic rings. The maximum absolute atomic E-state index is 12.4. The van der Waals surface area contributed by atoms with E-state index in [9.17, 15) is 9.59 Å². The average Bonchev–Trinajstić information content (AvgIpc) is 2.55. The Kier molecular flexibility index (Phi) is 5.30. The number of nitrogens with two attached hydrogens (primary N) is 1. The van der Waals surface area contributed by atoms with Gasteiger partial charge in [0.1, 0.15) is 6.04 Å². The molecule has 3 N–H and O–H groups in total. The van der Waals surface area contributed by atoms with Crippen LogP contribution in [0.1, 0.15) is 11.6 Å². The van der Waals surface area contributed by atoms with Crippen molar-refractivity contribution in [3.8, 4) is 0 Å². The Bertz CT molecular complexity index is 484. The molecule has 0 aliphatic carbocycles. The second-order valence-corrected chi connectivity index (χ2v) is 5.16. The number of piperazine rings is 1. The molecule has 114 valence electrons. The zero-order valence-electron chi connectivity index (χ0n) is 12.3. The van der Waals surface area contributed by atoms with Crippen molar-refractivity contribution in [3.63, 3.8) is 0 Å². The summed E-state index contributed by atoms with van der Waals surface area (Å²) in [7, 11) is 1.63. The summed E-state index contributed by atoms with van der Waals surface area (Å²) in [6.45, 7) is 2.98. The van der Waals surface area contributed by atoms with Gasteiger partial charge in [-0.25, -0.2) is 0 Å². The SMILES string of the molecule is CNC(=O)CN1CCN(C(=O)[C@H](N)c2ccccc2)CC1. The van der Waals surface area contributed by atoms with Gasteiger partial charge in [-0.05, 0) is 5.56 Å². The molecule has 0 bridgehead atoms. The predicted molar refractivity (Wildman–Crippen MR) is 80.5 cm³/mol. The highest BCUT2D eigenvalue weighted by Crippen LogP contribution is 2.14. The largest absolute Gasteiger partial charge is 0.358 e. The zero-order chi connectivity index (χ0) is 15.2. The van der Waals surface area contributed by atoms with Crippen LogP contribution >= 0.6 is 0 Å². The molecule has 6 nitrogen and oxygen atoms in total. The van der Waals surface area contributed by atoms with Crippen molar-refractivity contribution in [1.82, 2.24) is 15.1 Å². The number of nitrogens with one attached hydrogen (secondary N) is 1. The Morgan fingerprint density at radius 1 is 1.19 bits per heavy atom. The van der Waals surface area contributed by atoms with Crippen LogP contribution in [-0.2, 0) is 9.59 Å². The Morgan fingerprint density at radius 2 is 1.81 bits per heavy atom. The Labute approximate surface area is 124 Å². The van der Waals surface area contributed by atoms with Gasteiger partial charge in [-0.1, -0.05) is 30.3 Å². The number of benzene rings is 1. The van der Waals surface area contributed by atoms with E-state index < -0.39 is 6.04 Å². The molecule has 1 aromatic carbocycles. The van der Waals surface area contributed by atoms with Crippen LogP contribution in [0.15, 0.2) is 30.3 Å². The van der Waals surface area contributed by atoms with E-state index in [0.29, 0.717) is 32.7 Å². The van der Waals surface area contributed by atoms with Gasteiger partial charge >= 0.3 is 0 Å². The number of likely N-dealkylation sites (N-methyl/N-ethyl adjacent to an activating group) is 1. The van der Waals surface area contributed by atoms with Crippen molar-refractivity contribution < 1.29 is 9.59 Å². The fraction of sp³-hybridized carbons (Fsp3) is 0.467. The predicted octanol–water partition coefficient (Wildman–Crippen LogP) is -0.423. The third-order valence-electron chi connectivity index (χ3n) is 3.75. The molecule has 0 radical (unpaired) electrons. The lowest BCUT2D eigenvalue weighted by Crippen LogP contribution is -2.52. The summed E-state index contributed by atoms with van der Waals surface area (Å²) in [6, 6.07) is 8.78. The number of amides is 2. The lowest BCUT2D eigenvalue weighted by molar-refractivity contribution is -0.134. The third kappa shape index (κ3) is 4.03. The highest BCUT2D eigenvalue weighted by molar-refractivity contribution is 5.83. The molecule has 1 fully saturated rings. The monoisotopic (exact) mass is 290 g/mol. The van der Waals surface area contributed by atoms with Gasteiger partial charge in [0.05, 0.1) is 6.54 Å². The summed E-state index contributed by atoms with van der Waals surface area (Å²) < 4.78 is 0. The summed E-state index contributed by atoms with van der Waals surface area (Å²) in [5.74, 6) is -0.0587. The standard InChI is InChI=1S/C15H22N4O2/c1-17-13(20)11-18-7-9-19(10-8-18)15(21)14(16)12-5-3-2-4-6-12/h2-6,14H,7-11,16H2,1H3,(H,17,20)/t14-/m1/s1. The topological polar surface area (TPSA) is 78.7 Å². The molecule has 1 aliphatic heterocycles. The van der Waals surface area contributed by atoms with Gasteiger partial charge in [0.2, 0.25) is 11.8 Å². The lowest BCUT2D eigenvalue weighted by Gasteiger charge is -2.35. The minimum absolute atomic E-state index is 0.00392. The quantitative estimate of drug-likeness (QED) is 0.789. The van der Waals surface area contributed by atoms with Gasteiger partial charge in [0.25, 0.3) is 0 Å². The Morgan fingerprint density at radius 3 is 2.38 bits per heavy atom. The van der Waals surface area contributed by atoms with Crippen LogP contribution in [0.4, 0.5) is 0 Å². The number of carbonyl (C=O) groups is 2. The molecular formula is C15H22N4O2. The van der Waals surface area contributed by atoms with Gasteiger partial charge in [-0.15, -0.1) is 0 Å². The first kappa shape index (κ1) is 15.5. The van der Waals surface area contributed by atoms with Gasteiger partial charge < -0.3 is 16.0 Å². The summed E-state index contributed by atoms with van der Waals surface area (Å²) in [5.41, 5.74) is 6.87. The molecule has 0 spiro atoms. The number of nitrogens with zero attached hydrogens (tertiary/aromatic N) is 2. The molecule has 2 rings (SSSR count). The van der Waals surface area contributed by atoms with E-state index in [1.54, 1.807) is 11.9 Å². The molecule has 0 aromatic heterocycles. The zero-order valence-corrected chi connectivity index (χ0v) is 12.3. The second kappa shape index (κ2) is 7.19. The first-order chi connectivity index (χ1) is 10.1. The molecule has 2 amide bonds. The van der Waals surface area contributed by atoms with Crippen LogP contribution < -0.4 is 11.1 Å². The van der Waals surface area contributed by atoms with Crippen LogP contribution in [-0.4, -0.2) is 61.4 Å². The number of hydrogen-bond donors (Lipinski definition) is 2. The van der Waals surface area contributed by atoms with Gasteiger partial charge in [0.15, 0.2) is 0 Å². The number of carbonyl (C=O) groups excluding carboxylic acids is 2. The third-order valence-corrected chi connectivity index (χ3v) is 3.75. The van der Waals surface area contributed by atoms with E-state index >= 15 is 0 Å². The van der Waals surface area contributed by atoms with Crippen LogP contribution in [0, 0.1) is 0 Å². The highest BCUT2D eigenvalue weighted by atomic mass is 16.2. The second-order valence-electron chi connectivity index (χ2n) is 5.16. The number of hydrogen-bond acceptors (Lipinski definition) is 4. The van der Waals surface area contributed by atoms with Crippen molar-refractivity contribution in [2.45, 2.75) is 6.04 Å². The first-order valence-electron chi connectivity index (χ1n) is 7.14. The van der Waals surface area contributed by atoms with Gasteiger partial charge in [-0.2, -0.15) is 0 Å². The molecule has 1 aliphatic rings.